The number of ether oxygens (including phenoxy) is 1. The Hall–Kier alpha value is -1.76. The van der Waals surface area contributed by atoms with Gasteiger partial charge in [-0.2, -0.15) is 0 Å². The van der Waals surface area contributed by atoms with Gasteiger partial charge in [-0.15, -0.1) is 24.0 Å². The van der Waals surface area contributed by atoms with Crippen molar-refractivity contribution in [3.63, 3.8) is 0 Å². The zero-order valence-corrected chi connectivity index (χ0v) is 16.8. The number of aliphatic imine (C=N–C) groups is 1. The second-order valence-corrected chi connectivity index (χ2v) is 5.44. The molecule has 1 atom stereocenters. The van der Waals surface area contributed by atoms with Gasteiger partial charge in [-0.1, -0.05) is 55.5 Å². The molecule has 1 unspecified atom stereocenters. The molecule has 0 aromatic heterocycles. The van der Waals surface area contributed by atoms with E-state index in [0.29, 0.717) is 5.92 Å². The van der Waals surface area contributed by atoms with Crippen molar-refractivity contribution in [2.24, 2.45) is 4.99 Å². The Morgan fingerprint density at radius 3 is 2.38 bits per heavy atom. The molecule has 130 valence electrons. The first-order valence-electron chi connectivity index (χ1n) is 7.86. The molecule has 4 nitrogen and oxygen atoms in total. The van der Waals surface area contributed by atoms with E-state index in [2.05, 4.69) is 40.7 Å². The minimum Gasteiger partial charge on any atom is -0.496 e. The predicted octanol–water partition coefficient (Wildman–Crippen LogP) is 3.78. The van der Waals surface area contributed by atoms with Crippen molar-refractivity contribution in [3.05, 3.63) is 65.7 Å². The first kappa shape index (κ1) is 20.3. The number of hydrogen-bond acceptors (Lipinski definition) is 2. The molecule has 0 aliphatic heterocycles. The minimum absolute atomic E-state index is 0. The Balaban J connectivity index is 0.00000288. The third-order valence-electron chi connectivity index (χ3n) is 3.77. The van der Waals surface area contributed by atoms with Crippen molar-refractivity contribution in [3.8, 4) is 5.75 Å². The Labute approximate surface area is 161 Å². The van der Waals surface area contributed by atoms with Gasteiger partial charge in [0.15, 0.2) is 5.96 Å². The molecule has 0 saturated carbocycles. The zero-order chi connectivity index (χ0) is 16.5. The molecular weight excluding hydrogens is 413 g/mol. The minimum atomic E-state index is 0. The molecule has 2 aromatic carbocycles. The highest BCUT2D eigenvalue weighted by molar-refractivity contribution is 14.0. The molecule has 0 bridgehead atoms. The number of benzene rings is 2. The normalized spacial score (nSPS) is 12.0. The van der Waals surface area contributed by atoms with Gasteiger partial charge in [0.25, 0.3) is 0 Å². The molecule has 0 spiro atoms. The number of halogens is 1. The lowest BCUT2D eigenvalue weighted by atomic mass is 10.0. The lowest BCUT2D eigenvalue weighted by Gasteiger charge is -2.18. The van der Waals surface area contributed by atoms with E-state index >= 15 is 0 Å². The van der Waals surface area contributed by atoms with Gasteiger partial charge < -0.3 is 15.4 Å². The van der Waals surface area contributed by atoms with E-state index in [1.807, 2.05) is 36.4 Å². The Morgan fingerprint density at radius 2 is 1.71 bits per heavy atom. The van der Waals surface area contributed by atoms with Crippen molar-refractivity contribution in [2.75, 3.05) is 20.7 Å². The van der Waals surface area contributed by atoms with Crippen LogP contribution < -0.4 is 15.4 Å². The van der Waals surface area contributed by atoms with Crippen LogP contribution in [0.1, 0.15) is 24.0 Å². The molecule has 2 aromatic rings. The maximum Gasteiger partial charge on any atom is 0.191 e. The van der Waals surface area contributed by atoms with Crippen LogP contribution in [0.4, 0.5) is 0 Å². The predicted molar refractivity (Wildman–Crippen MR) is 111 cm³/mol. The number of nitrogens with zero attached hydrogens (tertiary/aromatic N) is 1. The van der Waals surface area contributed by atoms with Crippen LogP contribution in [0.2, 0.25) is 0 Å². The van der Waals surface area contributed by atoms with Crippen LogP contribution in [0.3, 0.4) is 0 Å². The Bertz CT molecular complexity index is 632. The lowest BCUT2D eigenvalue weighted by molar-refractivity contribution is 0.406. The van der Waals surface area contributed by atoms with E-state index in [9.17, 15) is 0 Å². The third kappa shape index (κ3) is 6.03. The fourth-order valence-corrected chi connectivity index (χ4v) is 2.44. The molecule has 0 heterocycles. The summed E-state index contributed by atoms with van der Waals surface area (Å²) in [6.45, 7) is 3.72. The van der Waals surface area contributed by atoms with Crippen molar-refractivity contribution in [1.29, 1.82) is 0 Å². The van der Waals surface area contributed by atoms with E-state index in [0.717, 1.165) is 24.8 Å². The summed E-state index contributed by atoms with van der Waals surface area (Å²) in [5.74, 6) is 2.05. The third-order valence-corrected chi connectivity index (χ3v) is 3.77. The molecule has 0 aliphatic carbocycles. The summed E-state index contributed by atoms with van der Waals surface area (Å²) in [5, 5.41) is 6.70. The van der Waals surface area contributed by atoms with E-state index in [-0.39, 0.29) is 24.0 Å². The van der Waals surface area contributed by atoms with Gasteiger partial charge in [-0.05, 0) is 17.2 Å². The summed E-state index contributed by atoms with van der Waals surface area (Å²) < 4.78 is 5.43. The summed E-state index contributed by atoms with van der Waals surface area (Å²) in [6.07, 6.45) is 0. The highest BCUT2D eigenvalue weighted by Gasteiger charge is 2.11. The van der Waals surface area contributed by atoms with E-state index in [1.165, 1.54) is 11.1 Å². The number of methoxy groups -OCH3 is 1. The molecule has 0 fully saturated rings. The molecular formula is C19H26IN3O. The second-order valence-electron chi connectivity index (χ2n) is 5.44. The van der Waals surface area contributed by atoms with Crippen LogP contribution in [-0.2, 0) is 6.54 Å². The van der Waals surface area contributed by atoms with Gasteiger partial charge in [-0.3, -0.25) is 4.99 Å². The van der Waals surface area contributed by atoms with Gasteiger partial charge in [0.05, 0.1) is 7.11 Å². The number of hydrogen-bond donors (Lipinski definition) is 2. The van der Waals surface area contributed by atoms with Gasteiger partial charge in [-0.25, -0.2) is 0 Å². The maximum absolute atomic E-state index is 5.43. The van der Waals surface area contributed by atoms with Gasteiger partial charge in [0, 0.05) is 26.1 Å². The standard InChI is InChI=1S/C19H25N3O.HI/c1-15(17-11-7-8-12-18(17)23-3)13-21-19(20-2)22-14-16-9-5-4-6-10-16;/h4-12,15H,13-14H2,1-3H3,(H2,20,21,22);1H. The largest absolute Gasteiger partial charge is 0.496 e. The Morgan fingerprint density at radius 1 is 1.04 bits per heavy atom. The average Bonchev–Trinajstić information content (AvgIpc) is 2.62. The van der Waals surface area contributed by atoms with E-state index in [4.69, 9.17) is 4.74 Å². The average molecular weight is 439 g/mol. The Kier molecular flexibility index (Phi) is 9.22. The highest BCUT2D eigenvalue weighted by Crippen LogP contribution is 2.25. The van der Waals surface area contributed by atoms with Crippen LogP contribution in [0.25, 0.3) is 0 Å². The number of rotatable bonds is 6. The van der Waals surface area contributed by atoms with Gasteiger partial charge in [0.1, 0.15) is 5.75 Å². The maximum atomic E-state index is 5.43. The summed E-state index contributed by atoms with van der Waals surface area (Å²) in [7, 11) is 3.49. The van der Waals surface area contributed by atoms with Crippen LogP contribution in [0.5, 0.6) is 5.75 Å². The van der Waals surface area contributed by atoms with Crippen LogP contribution in [-0.4, -0.2) is 26.7 Å². The van der Waals surface area contributed by atoms with Crippen molar-refractivity contribution >= 4 is 29.9 Å². The molecule has 0 aliphatic rings. The van der Waals surface area contributed by atoms with Gasteiger partial charge >= 0.3 is 0 Å². The van der Waals surface area contributed by atoms with E-state index in [1.54, 1.807) is 14.2 Å². The smallest absolute Gasteiger partial charge is 0.191 e. The second kappa shape index (κ2) is 10.9. The first-order valence-corrected chi connectivity index (χ1v) is 7.86. The fraction of sp³-hybridized carbons (Fsp3) is 0.316. The van der Waals surface area contributed by atoms with Crippen LogP contribution >= 0.6 is 24.0 Å². The van der Waals surface area contributed by atoms with Gasteiger partial charge in [0.2, 0.25) is 0 Å². The van der Waals surface area contributed by atoms with Crippen LogP contribution in [0, 0.1) is 0 Å². The zero-order valence-electron chi connectivity index (χ0n) is 14.5. The van der Waals surface area contributed by atoms with Crippen molar-refractivity contribution in [1.82, 2.24) is 10.6 Å². The summed E-state index contributed by atoms with van der Waals surface area (Å²) in [4.78, 5) is 4.27. The first-order chi connectivity index (χ1) is 11.2. The summed E-state index contributed by atoms with van der Waals surface area (Å²) in [6, 6.07) is 18.4. The SMILES string of the molecule is CN=C(NCc1ccccc1)NCC(C)c1ccccc1OC.I. The highest BCUT2D eigenvalue weighted by atomic mass is 127. The van der Waals surface area contributed by atoms with Crippen LogP contribution in [0.15, 0.2) is 59.6 Å². The van der Waals surface area contributed by atoms with Crippen molar-refractivity contribution < 1.29 is 4.74 Å². The quantitative estimate of drug-likeness (QED) is 0.409. The topological polar surface area (TPSA) is 45.7 Å². The lowest BCUT2D eigenvalue weighted by Crippen LogP contribution is -2.38. The molecule has 0 saturated heterocycles. The summed E-state index contributed by atoms with van der Waals surface area (Å²) in [5.41, 5.74) is 2.43. The number of para-hydroxylation sites is 1. The fourth-order valence-electron chi connectivity index (χ4n) is 2.44. The molecule has 0 amide bonds. The molecule has 2 rings (SSSR count). The molecule has 24 heavy (non-hydrogen) atoms. The number of guanidine groups is 1. The van der Waals surface area contributed by atoms with E-state index < -0.39 is 0 Å². The number of nitrogens with one attached hydrogen (secondary N) is 2. The summed E-state index contributed by atoms with van der Waals surface area (Å²) >= 11 is 0. The molecule has 0 radical (unpaired) electrons. The monoisotopic (exact) mass is 439 g/mol. The molecule has 2 N–H and O–H groups in total. The molecule has 5 heteroatoms. The van der Waals surface area contributed by atoms with Crippen molar-refractivity contribution in [2.45, 2.75) is 19.4 Å².